The summed E-state index contributed by atoms with van der Waals surface area (Å²) in [6.07, 6.45) is 0.370. The van der Waals surface area contributed by atoms with E-state index in [-0.39, 0.29) is 11.8 Å². The molecule has 5 heteroatoms. The van der Waals surface area contributed by atoms with Crippen LogP contribution in [0.1, 0.15) is 22.3 Å². The Morgan fingerprint density at radius 2 is 2.17 bits per heavy atom. The third-order valence-corrected chi connectivity index (χ3v) is 4.07. The Kier molecular flexibility index (Phi) is 4.01. The summed E-state index contributed by atoms with van der Waals surface area (Å²) in [5.41, 5.74) is 1.69. The van der Waals surface area contributed by atoms with Crippen LogP contribution < -0.4 is 5.32 Å². The molecule has 0 radical (unpaired) electrons. The van der Waals surface area contributed by atoms with Crippen molar-refractivity contribution in [1.29, 1.82) is 0 Å². The first-order valence-corrected chi connectivity index (χ1v) is 6.70. The molecule has 18 heavy (non-hydrogen) atoms. The second-order valence-electron chi connectivity index (χ2n) is 4.33. The minimum absolute atomic E-state index is 0.00797. The van der Waals surface area contributed by atoms with Crippen LogP contribution in [0.2, 0.25) is 0 Å². The molecule has 1 aromatic carbocycles. The first-order valence-electron chi connectivity index (χ1n) is 5.90. The monoisotopic (exact) mass is 310 g/mol. The van der Waals surface area contributed by atoms with Gasteiger partial charge in [0.15, 0.2) is 0 Å². The minimum atomic E-state index is -0.0259. The Morgan fingerprint density at radius 3 is 2.94 bits per heavy atom. The summed E-state index contributed by atoms with van der Waals surface area (Å²) in [6, 6.07) is 5.63. The summed E-state index contributed by atoms with van der Waals surface area (Å²) in [5.74, 6) is -0.0179. The van der Waals surface area contributed by atoms with Crippen LogP contribution in [0.5, 0.6) is 0 Å². The smallest absolute Gasteiger partial charge is 0.255 e. The zero-order valence-electron chi connectivity index (χ0n) is 10.2. The van der Waals surface area contributed by atoms with Crippen molar-refractivity contribution in [2.75, 3.05) is 19.6 Å². The van der Waals surface area contributed by atoms with Gasteiger partial charge in [-0.1, -0.05) is 12.1 Å². The fourth-order valence-corrected chi connectivity index (χ4v) is 2.39. The molecule has 1 aromatic rings. The molecule has 1 heterocycles. The molecule has 1 saturated heterocycles. The van der Waals surface area contributed by atoms with Gasteiger partial charge < -0.3 is 10.2 Å². The van der Waals surface area contributed by atoms with Crippen molar-refractivity contribution in [2.24, 2.45) is 0 Å². The SMILES string of the molecule is Cc1cccc(C(=O)N2CCNC(=O)CC2)c1Br. The predicted octanol–water partition coefficient (Wildman–Crippen LogP) is 1.72. The van der Waals surface area contributed by atoms with Gasteiger partial charge in [-0.15, -0.1) is 0 Å². The lowest BCUT2D eigenvalue weighted by Gasteiger charge is -2.20. The number of nitrogens with one attached hydrogen (secondary N) is 1. The van der Waals surface area contributed by atoms with Gasteiger partial charge in [0.25, 0.3) is 5.91 Å². The number of carbonyl (C=O) groups is 2. The van der Waals surface area contributed by atoms with Crippen LogP contribution in [-0.2, 0) is 4.79 Å². The Bertz CT molecular complexity index is 488. The van der Waals surface area contributed by atoms with E-state index in [0.717, 1.165) is 10.0 Å². The Labute approximate surface area is 114 Å². The van der Waals surface area contributed by atoms with E-state index in [0.29, 0.717) is 31.6 Å². The molecule has 0 saturated carbocycles. The van der Waals surface area contributed by atoms with E-state index < -0.39 is 0 Å². The maximum atomic E-state index is 12.4. The van der Waals surface area contributed by atoms with Crippen LogP contribution in [0.15, 0.2) is 22.7 Å². The van der Waals surface area contributed by atoms with Crippen molar-refractivity contribution in [3.63, 3.8) is 0 Å². The number of aryl methyl sites for hydroxylation is 1. The minimum Gasteiger partial charge on any atom is -0.354 e. The van der Waals surface area contributed by atoms with Crippen LogP contribution >= 0.6 is 15.9 Å². The summed E-state index contributed by atoms with van der Waals surface area (Å²) >= 11 is 3.45. The first kappa shape index (κ1) is 13.1. The van der Waals surface area contributed by atoms with Gasteiger partial charge in [0, 0.05) is 30.5 Å². The van der Waals surface area contributed by atoms with Crippen molar-refractivity contribution in [3.05, 3.63) is 33.8 Å². The number of amides is 2. The van der Waals surface area contributed by atoms with Gasteiger partial charge in [0.05, 0.1) is 5.56 Å². The molecule has 4 nitrogen and oxygen atoms in total. The molecule has 1 aliphatic heterocycles. The van der Waals surface area contributed by atoms with Gasteiger partial charge in [0.2, 0.25) is 5.91 Å². The van der Waals surface area contributed by atoms with Gasteiger partial charge in [-0.3, -0.25) is 9.59 Å². The summed E-state index contributed by atoms with van der Waals surface area (Å²) in [7, 11) is 0. The maximum Gasteiger partial charge on any atom is 0.255 e. The number of hydrogen-bond donors (Lipinski definition) is 1. The normalized spacial score (nSPS) is 16.1. The molecule has 2 rings (SSSR count). The fraction of sp³-hybridized carbons (Fsp3) is 0.385. The molecule has 1 fully saturated rings. The Balaban J connectivity index is 2.20. The van der Waals surface area contributed by atoms with Crippen LogP contribution in [0.25, 0.3) is 0 Å². The topological polar surface area (TPSA) is 49.4 Å². The summed E-state index contributed by atoms with van der Waals surface area (Å²) < 4.78 is 0.832. The molecule has 0 spiro atoms. The summed E-state index contributed by atoms with van der Waals surface area (Å²) in [5, 5.41) is 2.76. The van der Waals surface area contributed by atoms with Crippen molar-refractivity contribution in [3.8, 4) is 0 Å². The molecule has 0 aromatic heterocycles. The summed E-state index contributed by atoms with van der Waals surface area (Å²) in [4.78, 5) is 25.4. The maximum absolute atomic E-state index is 12.4. The molecule has 0 atom stereocenters. The number of rotatable bonds is 1. The van der Waals surface area contributed by atoms with Gasteiger partial charge in [-0.25, -0.2) is 0 Å². The molecular formula is C13H15BrN2O2. The van der Waals surface area contributed by atoms with Crippen molar-refractivity contribution in [1.82, 2.24) is 10.2 Å². The number of hydrogen-bond acceptors (Lipinski definition) is 2. The lowest BCUT2D eigenvalue weighted by molar-refractivity contribution is -0.120. The van der Waals surface area contributed by atoms with Crippen molar-refractivity contribution < 1.29 is 9.59 Å². The molecule has 1 N–H and O–H groups in total. The third kappa shape index (κ3) is 2.72. The van der Waals surface area contributed by atoms with E-state index in [2.05, 4.69) is 21.2 Å². The largest absolute Gasteiger partial charge is 0.354 e. The summed E-state index contributed by atoms with van der Waals surface area (Å²) in [6.45, 7) is 3.51. The van der Waals surface area contributed by atoms with Crippen molar-refractivity contribution >= 4 is 27.7 Å². The number of benzene rings is 1. The van der Waals surface area contributed by atoms with E-state index in [1.165, 1.54) is 0 Å². The molecule has 96 valence electrons. The second kappa shape index (κ2) is 5.52. The quantitative estimate of drug-likeness (QED) is 0.858. The molecule has 0 unspecified atom stereocenters. The number of halogens is 1. The van der Waals surface area contributed by atoms with Crippen molar-refractivity contribution in [2.45, 2.75) is 13.3 Å². The third-order valence-electron chi connectivity index (χ3n) is 3.02. The zero-order valence-corrected chi connectivity index (χ0v) is 11.8. The van der Waals surface area contributed by atoms with E-state index in [9.17, 15) is 9.59 Å². The van der Waals surface area contributed by atoms with E-state index in [1.54, 1.807) is 11.0 Å². The molecule has 2 amide bonds. The lowest BCUT2D eigenvalue weighted by atomic mass is 10.1. The molecular weight excluding hydrogens is 296 g/mol. The highest BCUT2D eigenvalue weighted by Gasteiger charge is 2.21. The predicted molar refractivity (Wildman–Crippen MR) is 72.4 cm³/mol. The van der Waals surface area contributed by atoms with Gasteiger partial charge in [0.1, 0.15) is 0 Å². The van der Waals surface area contributed by atoms with Gasteiger partial charge >= 0.3 is 0 Å². The van der Waals surface area contributed by atoms with Gasteiger partial charge in [-0.05, 0) is 34.5 Å². The average Bonchev–Trinajstić information content (AvgIpc) is 2.57. The Hall–Kier alpha value is -1.36. The first-order chi connectivity index (χ1) is 8.59. The fourth-order valence-electron chi connectivity index (χ4n) is 1.95. The number of carbonyl (C=O) groups excluding carboxylic acids is 2. The standard InChI is InChI=1S/C13H15BrN2O2/c1-9-3-2-4-10(12(9)14)13(18)16-7-5-11(17)15-6-8-16/h2-4H,5-8H2,1H3,(H,15,17). The van der Waals surface area contributed by atoms with Crippen LogP contribution in [0.4, 0.5) is 0 Å². The van der Waals surface area contributed by atoms with E-state index >= 15 is 0 Å². The van der Waals surface area contributed by atoms with E-state index in [4.69, 9.17) is 0 Å². The van der Waals surface area contributed by atoms with Crippen LogP contribution in [0.3, 0.4) is 0 Å². The lowest BCUT2D eigenvalue weighted by Crippen LogP contribution is -2.34. The molecule has 0 bridgehead atoms. The zero-order chi connectivity index (χ0) is 13.1. The molecule has 1 aliphatic rings. The molecule has 0 aliphatic carbocycles. The second-order valence-corrected chi connectivity index (χ2v) is 5.12. The van der Waals surface area contributed by atoms with Crippen LogP contribution in [-0.4, -0.2) is 36.3 Å². The number of nitrogens with zero attached hydrogens (tertiary/aromatic N) is 1. The highest BCUT2D eigenvalue weighted by molar-refractivity contribution is 9.10. The highest BCUT2D eigenvalue weighted by Crippen LogP contribution is 2.22. The Morgan fingerprint density at radius 1 is 1.39 bits per heavy atom. The average molecular weight is 311 g/mol. The van der Waals surface area contributed by atoms with Gasteiger partial charge in [-0.2, -0.15) is 0 Å². The van der Waals surface area contributed by atoms with Crippen LogP contribution in [0, 0.1) is 6.92 Å². The highest BCUT2D eigenvalue weighted by atomic mass is 79.9. The van der Waals surface area contributed by atoms with E-state index in [1.807, 2.05) is 19.1 Å².